The molecule has 1 aromatic heterocycles. The standard InChI is InChI=1S/C17H20ClNO4S/c1-3-4-12(20)14-10(7-18)13(9-5-6-9)16-19(15(14)21)11(8-24-16)17(22)23-2/h3,9,11-12,20H,1,4-8H2,2H3/t11-,12?/m0/s1. The molecule has 0 radical (unpaired) electrons. The van der Waals surface area contributed by atoms with E-state index in [-0.39, 0.29) is 17.9 Å². The number of alkyl halides is 1. The molecule has 3 rings (SSSR count). The third-order valence-corrected chi connectivity index (χ3v) is 5.99. The summed E-state index contributed by atoms with van der Waals surface area (Å²) >= 11 is 7.66. The fourth-order valence-corrected chi connectivity index (χ4v) is 4.97. The molecule has 0 spiro atoms. The Balaban J connectivity index is 2.27. The van der Waals surface area contributed by atoms with Gasteiger partial charge >= 0.3 is 5.97 Å². The minimum atomic E-state index is -0.969. The lowest BCUT2D eigenvalue weighted by Crippen LogP contribution is -2.34. The van der Waals surface area contributed by atoms with Crippen LogP contribution in [0.1, 0.15) is 54.0 Å². The maximum atomic E-state index is 13.1. The lowest BCUT2D eigenvalue weighted by molar-refractivity contribution is -0.143. The van der Waals surface area contributed by atoms with Crippen LogP contribution in [0.5, 0.6) is 0 Å². The zero-order valence-corrected chi connectivity index (χ0v) is 15.0. The van der Waals surface area contributed by atoms with Gasteiger partial charge in [-0.05, 0) is 36.3 Å². The predicted molar refractivity (Wildman–Crippen MR) is 93.8 cm³/mol. The van der Waals surface area contributed by atoms with Gasteiger partial charge in [-0.2, -0.15) is 0 Å². The zero-order chi connectivity index (χ0) is 17.4. The van der Waals surface area contributed by atoms with Crippen molar-refractivity contribution < 1.29 is 14.6 Å². The zero-order valence-electron chi connectivity index (χ0n) is 13.5. The number of hydrogen-bond donors (Lipinski definition) is 1. The van der Waals surface area contributed by atoms with Crippen molar-refractivity contribution in [3.63, 3.8) is 0 Å². The van der Waals surface area contributed by atoms with Crippen molar-refractivity contribution >= 4 is 29.3 Å². The molecule has 1 saturated carbocycles. The van der Waals surface area contributed by atoms with Crippen molar-refractivity contribution in [3.8, 4) is 0 Å². The first kappa shape index (κ1) is 17.6. The van der Waals surface area contributed by atoms with Crippen LogP contribution >= 0.6 is 23.4 Å². The third-order valence-electron chi connectivity index (χ3n) is 4.55. The van der Waals surface area contributed by atoms with Crippen LogP contribution in [0.3, 0.4) is 0 Å². The van der Waals surface area contributed by atoms with E-state index in [2.05, 4.69) is 6.58 Å². The topological polar surface area (TPSA) is 68.5 Å². The maximum Gasteiger partial charge on any atom is 0.329 e. The molecule has 1 aliphatic carbocycles. The van der Waals surface area contributed by atoms with Gasteiger partial charge in [0.1, 0.15) is 6.04 Å². The van der Waals surface area contributed by atoms with Crippen LogP contribution in [-0.2, 0) is 15.4 Å². The largest absolute Gasteiger partial charge is 0.467 e. The molecule has 0 amide bonds. The minimum Gasteiger partial charge on any atom is -0.467 e. The van der Waals surface area contributed by atoms with Crippen LogP contribution in [0.4, 0.5) is 0 Å². The van der Waals surface area contributed by atoms with Gasteiger partial charge in [0.05, 0.1) is 23.8 Å². The molecule has 1 N–H and O–H groups in total. The molecule has 2 aliphatic rings. The molecular weight excluding hydrogens is 350 g/mol. The summed E-state index contributed by atoms with van der Waals surface area (Å²) in [7, 11) is 1.32. The normalized spacial score (nSPS) is 20.5. The van der Waals surface area contributed by atoms with Crippen LogP contribution < -0.4 is 5.56 Å². The summed E-state index contributed by atoms with van der Waals surface area (Å²) in [4.78, 5) is 25.2. The first-order valence-electron chi connectivity index (χ1n) is 7.91. The van der Waals surface area contributed by atoms with Crippen molar-refractivity contribution in [2.75, 3.05) is 12.9 Å². The lowest BCUT2D eigenvalue weighted by atomic mass is 9.96. The summed E-state index contributed by atoms with van der Waals surface area (Å²) < 4.78 is 6.35. The monoisotopic (exact) mass is 369 g/mol. The Labute approximate surface area is 149 Å². The maximum absolute atomic E-state index is 13.1. The van der Waals surface area contributed by atoms with Gasteiger partial charge in [0.15, 0.2) is 0 Å². The van der Waals surface area contributed by atoms with Gasteiger partial charge < -0.3 is 9.84 Å². The Morgan fingerprint density at radius 2 is 2.29 bits per heavy atom. The Morgan fingerprint density at radius 3 is 2.83 bits per heavy atom. The third kappa shape index (κ3) is 2.80. The summed E-state index contributed by atoms with van der Waals surface area (Å²) in [6, 6.07) is -0.654. The van der Waals surface area contributed by atoms with E-state index in [1.54, 1.807) is 6.08 Å². The molecule has 5 nitrogen and oxygen atoms in total. The van der Waals surface area contributed by atoms with E-state index >= 15 is 0 Å². The van der Waals surface area contributed by atoms with Crippen LogP contribution in [0.2, 0.25) is 0 Å². The number of nitrogens with zero attached hydrogens (tertiary/aromatic N) is 1. The van der Waals surface area contributed by atoms with Gasteiger partial charge in [0, 0.05) is 11.6 Å². The number of fused-ring (bicyclic) bond motifs is 1. The number of pyridine rings is 1. The Bertz CT molecular complexity index is 741. The SMILES string of the molecule is C=CCC(O)c1c(CCl)c(C2CC2)c2n(c1=O)[C@H](C(=O)OC)CS2. The van der Waals surface area contributed by atoms with Crippen molar-refractivity contribution in [2.24, 2.45) is 0 Å². The number of aliphatic hydroxyl groups is 1. The van der Waals surface area contributed by atoms with Gasteiger partial charge in [-0.25, -0.2) is 4.79 Å². The van der Waals surface area contributed by atoms with E-state index in [0.717, 1.165) is 29.0 Å². The predicted octanol–water partition coefficient (Wildman–Crippen LogP) is 2.89. The second kappa shape index (κ2) is 6.94. The molecule has 0 saturated heterocycles. The molecule has 7 heteroatoms. The van der Waals surface area contributed by atoms with Crippen LogP contribution in [0.25, 0.3) is 0 Å². The molecule has 2 atom stereocenters. The molecule has 1 unspecified atom stereocenters. The van der Waals surface area contributed by atoms with Crippen molar-refractivity contribution in [1.82, 2.24) is 4.57 Å². The molecule has 130 valence electrons. The average molecular weight is 370 g/mol. The van der Waals surface area contributed by atoms with E-state index in [0.29, 0.717) is 17.2 Å². The number of esters is 1. The molecule has 1 aliphatic heterocycles. The van der Waals surface area contributed by atoms with Gasteiger partial charge in [0.25, 0.3) is 5.56 Å². The first-order valence-corrected chi connectivity index (χ1v) is 9.43. The van der Waals surface area contributed by atoms with Crippen LogP contribution in [0.15, 0.2) is 22.5 Å². The minimum absolute atomic E-state index is 0.169. The lowest BCUT2D eigenvalue weighted by Gasteiger charge is -2.21. The number of halogens is 1. The number of methoxy groups -OCH3 is 1. The van der Waals surface area contributed by atoms with E-state index in [1.165, 1.54) is 23.4 Å². The van der Waals surface area contributed by atoms with Crippen LogP contribution in [0, 0.1) is 0 Å². The molecule has 24 heavy (non-hydrogen) atoms. The van der Waals surface area contributed by atoms with Crippen molar-refractivity contribution in [3.05, 3.63) is 39.7 Å². The number of carbonyl (C=O) groups is 1. The molecule has 2 heterocycles. The molecule has 0 bridgehead atoms. The highest BCUT2D eigenvalue weighted by molar-refractivity contribution is 7.99. The Morgan fingerprint density at radius 1 is 1.58 bits per heavy atom. The molecule has 0 aromatic carbocycles. The molecular formula is C17H20ClNO4S. The summed E-state index contributed by atoms with van der Waals surface area (Å²) in [6.07, 6.45) is 2.94. The fourth-order valence-electron chi connectivity index (χ4n) is 3.28. The molecule has 1 aromatic rings. The van der Waals surface area contributed by atoms with Crippen LogP contribution in [-0.4, -0.2) is 28.5 Å². The first-order chi connectivity index (χ1) is 11.5. The van der Waals surface area contributed by atoms with Gasteiger partial charge in [-0.1, -0.05) is 6.08 Å². The van der Waals surface area contributed by atoms with Gasteiger partial charge in [0.2, 0.25) is 0 Å². The summed E-state index contributed by atoms with van der Waals surface area (Å²) in [5.74, 6) is 0.541. The fraction of sp³-hybridized carbons (Fsp3) is 0.529. The smallest absolute Gasteiger partial charge is 0.329 e. The van der Waals surface area contributed by atoms with E-state index in [1.807, 2.05) is 0 Å². The van der Waals surface area contributed by atoms with Crippen molar-refractivity contribution in [2.45, 2.75) is 48.2 Å². The van der Waals surface area contributed by atoms with E-state index in [4.69, 9.17) is 16.3 Å². The Kier molecular flexibility index (Phi) is 5.08. The average Bonchev–Trinajstić information content (AvgIpc) is 3.31. The highest BCUT2D eigenvalue weighted by Gasteiger charge is 2.40. The van der Waals surface area contributed by atoms with Crippen molar-refractivity contribution in [1.29, 1.82) is 0 Å². The molecule has 1 fully saturated rings. The second-order valence-electron chi connectivity index (χ2n) is 6.08. The van der Waals surface area contributed by atoms with E-state index in [9.17, 15) is 14.7 Å². The number of thioether (sulfide) groups is 1. The highest BCUT2D eigenvalue weighted by Crippen LogP contribution is 2.49. The number of hydrogen-bond acceptors (Lipinski definition) is 5. The summed E-state index contributed by atoms with van der Waals surface area (Å²) in [5, 5.41) is 11.3. The second-order valence-corrected chi connectivity index (χ2v) is 7.36. The number of ether oxygens (including phenoxy) is 1. The van der Waals surface area contributed by atoms with Gasteiger partial charge in [-0.15, -0.1) is 29.9 Å². The number of aliphatic hydroxyl groups excluding tert-OH is 1. The summed E-state index contributed by atoms with van der Waals surface area (Å²) in [5.41, 5.74) is 1.70. The van der Waals surface area contributed by atoms with Gasteiger partial charge in [-0.3, -0.25) is 9.36 Å². The number of aromatic nitrogens is 1. The Hall–Kier alpha value is -1.24. The van der Waals surface area contributed by atoms with E-state index < -0.39 is 18.1 Å². The summed E-state index contributed by atoms with van der Waals surface area (Å²) in [6.45, 7) is 3.63. The number of rotatable bonds is 6. The quantitative estimate of drug-likeness (QED) is 0.474. The highest BCUT2D eigenvalue weighted by atomic mass is 35.5. The number of carbonyl (C=O) groups excluding carboxylic acids is 1.